The molecule has 1 saturated heterocycles. The van der Waals surface area contributed by atoms with E-state index in [0.717, 1.165) is 40.7 Å². The van der Waals surface area contributed by atoms with Crippen LogP contribution in [0.4, 0.5) is 10.1 Å². The molecule has 2 heterocycles. The van der Waals surface area contributed by atoms with E-state index in [9.17, 15) is 23.3 Å². The summed E-state index contributed by atoms with van der Waals surface area (Å²) >= 11 is 0.863. The van der Waals surface area contributed by atoms with Crippen LogP contribution in [-0.4, -0.2) is 36.3 Å². The summed E-state index contributed by atoms with van der Waals surface area (Å²) in [7, 11) is -3.79. The number of aromatic nitrogens is 1. The van der Waals surface area contributed by atoms with Crippen LogP contribution < -0.4 is 24.8 Å². The molecule has 0 spiro atoms. The number of benzene rings is 4. The number of para-hydroxylation sites is 1. The molecule has 0 atom stereocenters. The largest absolute Gasteiger partial charge is 0.489 e. The molecule has 1 aliphatic heterocycles. The molecule has 1 aliphatic rings. The van der Waals surface area contributed by atoms with Gasteiger partial charge in [-0.1, -0.05) is 67.1 Å². The van der Waals surface area contributed by atoms with Gasteiger partial charge in [0, 0.05) is 18.8 Å². The molecule has 248 valence electrons. The van der Waals surface area contributed by atoms with Crippen LogP contribution in [0.2, 0.25) is 0 Å². The first-order valence-corrected chi connectivity index (χ1v) is 17.8. The summed E-state index contributed by atoms with van der Waals surface area (Å²) in [4.78, 5) is 27.5. The molecule has 0 aliphatic carbocycles. The quantitative estimate of drug-likeness (QED) is 0.234. The minimum absolute atomic E-state index is 0.0111. The molecule has 1 N–H and O–H groups in total. The van der Waals surface area contributed by atoms with Crippen LogP contribution in [0.3, 0.4) is 0 Å². The second kappa shape index (κ2) is 14.8. The number of hydrogen-bond donors (Lipinski definition) is 1. The van der Waals surface area contributed by atoms with Gasteiger partial charge in [0.25, 0.3) is 11.5 Å². The van der Waals surface area contributed by atoms with Gasteiger partial charge in [0.1, 0.15) is 28.9 Å². The summed E-state index contributed by atoms with van der Waals surface area (Å²) in [6.07, 6.45) is 4.09. The highest BCUT2D eigenvalue weighted by molar-refractivity contribution is 7.89. The van der Waals surface area contributed by atoms with Gasteiger partial charge >= 0.3 is 0 Å². The van der Waals surface area contributed by atoms with E-state index in [0.29, 0.717) is 31.0 Å². The summed E-state index contributed by atoms with van der Waals surface area (Å²) in [5.41, 5.74) is 0.538. The van der Waals surface area contributed by atoms with Crippen molar-refractivity contribution >= 4 is 44.6 Å². The fourth-order valence-corrected chi connectivity index (χ4v) is 8.12. The highest BCUT2D eigenvalue weighted by atomic mass is 32.2. The van der Waals surface area contributed by atoms with Crippen molar-refractivity contribution in [2.75, 3.05) is 18.4 Å². The zero-order chi connectivity index (χ0) is 34.4. The lowest BCUT2D eigenvalue weighted by Gasteiger charge is -2.26. The average molecular weight is 695 g/mol. The molecule has 4 aromatic carbocycles. The van der Waals surface area contributed by atoms with E-state index in [1.807, 2.05) is 36.4 Å². The zero-order valence-corrected chi connectivity index (χ0v) is 27.8. The van der Waals surface area contributed by atoms with E-state index in [2.05, 4.69) is 5.32 Å². The number of carbonyl (C=O) groups excluding carboxylic acids is 1. The number of hydrogen-bond acceptors (Lipinski definition) is 7. The first-order valence-electron chi connectivity index (χ1n) is 15.6. The maximum absolute atomic E-state index is 15.1. The van der Waals surface area contributed by atoms with Crippen molar-refractivity contribution in [2.24, 2.45) is 0 Å². The number of anilines is 1. The summed E-state index contributed by atoms with van der Waals surface area (Å²) in [6.45, 7) is 1.18. The van der Waals surface area contributed by atoms with Gasteiger partial charge in [-0.3, -0.25) is 14.2 Å². The van der Waals surface area contributed by atoms with Gasteiger partial charge in [0.2, 0.25) is 10.0 Å². The third kappa shape index (κ3) is 7.54. The lowest BCUT2D eigenvalue weighted by Crippen LogP contribution is -2.35. The van der Waals surface area contributed by atoms with Crippen molar-refractivity contribution in [3.8, 4) is 17.5 Å². The standard InChI is InChI=1S/C37H31FN4O5S2/c38-32-17-5-6-18-33(32)42-36(44)34(22-27-13-9-15-29(21-27)47-25-26-11-3-1-4-12-26)48-37(42)31(24-39)35(43)40-28-14-10-16-30(23-28)49(45,46)41-19-7-2-8-20-41/h1,3-6,9-18,21-23H,2,7-8,19-20,25H2,(H,40,43)/b34-22+,37-31-. The minimum Gasteiger partial charge on any atom is -0.489 e. The maximum atomic E-state index is 15.1. The van der Waals surface area contributed by atoms with Crippen LogP contribution >= 0.6 is 11.3 Å². The molecule has 5 aromatic rings. The van der Waals surface area contributed by atoms with E-state index in [1.165, 1.54) is 46.8 Å². The monoisotopic (exact) mass is 694 g/mol. The number of piperidine rings is 1. The van der Waals surface area contributed by atoms with Crippen LogP contribution in [0.5, 0.6) is 5.75 Å². The van der Waals surface area contributed by atoms with Crippen molar-refractivity contribution in [2.45, 2.75) is 30.8 Å². The molecule has 9 nitrogen and oxygen atoms in total. The second-order valence-electron chi connectivity index (χ2n) is 11.3. The van der Waals surface area contributed by atoms with Gasteiger partial charge in [-0.15, -0.1) is 11.3 Å². The van der Waals surface area contributed by atoms with Gasteiger partial charge in [0.15, 0.2) is 5.57 Å². The molecule has 6 rings (SSSR count). The summed E-state index contributed by atoms with van der Waals surface area (Å²) < 4.78 is 50.1. The molecule has 1 aromatic heterocycles. The first-order chi connectivity index (χ1) is 23.7. The normalized spacial score (nSPS) is 14.6. The maximum Gasteiger partial charge on any atom is 0.273 e. The molecule has 0 radical (unpaired) electrons. The predicted octanol–water partition coefficient (Wildman–Crippen LogP) is 4.93. The molecule has 1 amide bonds. The number of halogens is 1. The Labute approximate surface area is 286 Å². The zero-order valence-electron chi connectivity index (χ0n) is 26.2. The fourth-order valence-electron chi connectivity index (χ4n) is 5.47. The van der Waals surface area contributed by atoms with E-state index in [1.54, 1.807) is 36.4 Å². The Balaban J connectivity index is 1.39. The van der Waals surface area contributed by atoms with Crippen LogP contribution in [0.25, 0.3) is 17.3 Å². The Morgan fingerprint density at radius 1 is 0.939 bits per heavy atom. The minimum atomic E-state index is -3.79. The predicted molar refractivity (Wildman–Crippen MR) is 187 cm³/mol. The SMILES string of the molecule is N#C/C(C(=O)Nc1cccc(S(=O)(=O)N2CCCCC2)c1)=c1/s/c(=C/c2cccc(OCc3ccccc3)c2)c(=O)n1-c1ccccc1F. The van der Waals surface area contributed by atoms with Crippen molar-refractivity contribution in [3.63, 3.8) is 0 Å². The Morgan fingerprint density at radius 3 is 2.43 bits per heavy atom. The van der Waals surface area contributed by atoms with E-state index >= 15 is 4.39 Å². The fraction of sp³-hybridized carbons (Fsp3) is 0.162. The van der Waals surface area contributed by atoms with E-state index in [-0.39, 0.29) is 25.5 Å². The Morgan fingerprint density at radius 2 is 1.67 bits per heavy atom. The Kier molecular flexibility index (Phi) is 10.1. The smallest absolute Gasteiger partial charge is 0.273 e. The van der Waals surface area contributed by atoms with E-state index in [4.69, 9.17) is 4.74 Å². The third-order valence-electron chi connectivity index (χ3n) is 7.92. The van der Waals surface area contributed by atoms with Gasteiger partial charge in [-0.2, -0.15) is 9.57 Å². The number of nitriles is 1. The molecule has 1 fully saturated rings. The number of amides is 1. The number of sulfonamides is 1. The molecule has 12 heteroatoms. The van der Waals surface area contributed by atoms with E-state index < -0.39 is 32.9 Å². The van der Waals surface area contributed by atoms with Crippen LogP contribution in [-0.2, 0) is 21.4 Å². The molecule has 0 unspecified atom stereocenters. The molecular weight excluding hydrogens is 664 g/mol. The molecular formula is C37H31FN4O5S2. The second-order valence-corrected chi connectivity index (χ2v) is 14.3. The molecule has 0 saturated carbocycles. The van der Waals surface area contributed by atoms with Gasteiger partial charge in [-0.05, 0) is 72.5 Å². The topological polar surface area (TPSA) is 122 Å². The molecule has 49 heavy (non-hydrogen) atoms. The lowest BCUT2D eigenvalue weighted by molar-refractivity contribution is -0.111. The lowest BCUT2D eigenvalue weighted by atomic mass is 10.2. The Bertz CT molecular complexity index is 2340. The van der Waals surface area contributed by atoms with Gasteiger partial charge in [0.05, 0.1) is 15.1 Å². The highest BCUT2D eigenvalue weighted by Crippen LogP contribution is 2.23. The van der Waals surface area contributed by atoms with Crippen molar-refractivity contribution < 1.29 is 22.3 Å². The average Bonchev–Trinajstić information content (AvgIpc) is 3.43. The van der Waals surface area contributed by atoms with Gasteiger partial charge in [-0.25, -0.2) is 12.8 Å². The number of ether oxygens (including phenoxy) is 1. The number of thiazole rings is 1. The van der Waals surface area contributed by atoms with Crippen LogP contribution in [0, 0.1) is 17.1 Å². The number of nitrogens with zero attached hydrogens (tertiary/aromatic N) is 3. The summed E-state index contributed by atoms with van der Waals surface area (Å²) in [5, 5.41) is 12.8. The van der Waals surface area contributed by atoms with Crippen molar-refractivity contribution in [1.29, 1.82) is 5.26 Å². The number of rotatable bonds is 9. The first kappa shape index (κ1) is 33.5. The summed E-state index contributed by atoms with van der Waals surface area (Å²) in [5.74, 6) is -1.04. The Hall–Kier alpha value is -5.35. The number of nitrogens with one attached hydrogen (secondary N) is 1. The molecule has 0 bridgehead atoms. The third-order valence-corrected chi connectivity index (χ3v) is 10.9. The van der Waals surface area contributed by atoms with Crippen molar-refractivity contribution in [3.05, 3.63) is 140 Å². The highest BCUT2D eigenvalue weighted by Gasteiger charge is 2.26. The van der Waals surface area contributed by atoms with Crippen molar-refractivity contribution in [1.82, 2.24) is 8.87 Å². The summed E-state index contributed by atoms with van der Waals surface area (Å²) in [6, 6.07) is 30.0. The van der Waals surface area contributed by atoms with Crippen LogP contribution in [0.15, 0.2) is 113 Å². The van der Waals surface area contributed by atoms with Gasteiger partial charge < -0.3 is 10.1 Å². The van der Waals surface area contributed by atoms with Crippen LogP contribution in [0.1, 0.15) is 30.4 Å². The number of carbonyl (C=O) groups is 1.